The average Bonchev–Trinajstić information content (AvgIpc) is 2.84. The maximum atomic E-state index is 11.6. The van der Waals surface area contributed by atoms with E-state index in [0.717, 1.165) is 55.4 Å². The Morgan fingerprint density at radius 1 is 1.12 bits per heavy atom. The SMILES string of the molecule is CC.CCCCO.CNC(=O)/C(C#N)=C/c1ccc2cc(N3CCN(C)CC3)ccc2c1. The van der Waals surface area contributed by atoms with Gasteiger partial charge in [-0.3, -0.25) is 4.79 Å². The number of likely N-dealkylation sites (N-methyl/N-ethyl adjacent to an activating group) is 2. The molecule has 6 nitrogen and oxygen atoms in total. The van der Waals surface area contributed by atoms with Gasteiger partial charge in [0.05, 0.1) is 0 Å². The summed E-state index contributed by atoms with van der Waals surface area (Å²) in [7, 11) is 3.68. The molecule has 0 bridgehead atoms. The van der Waals surface area contributed by atoms with E-state index in [9.17, 15) is 4.79 Å². The molecule has 1 fully saturated rings. The highest BCUT2D eigenvalue weighted by molar-refractivity contribution is 6.02. The number of nitrogens with zero attached hydrogens (tertiary/aromatic N) is 3. The number of nitrogens with one attached hydrogen (secondary N) is 1. The summed E-state index contributed by atoms with van der Waals surface area (Å²) in [5.41, 5.74) is 2.20. The van der Waals surface area contributed by atoms with Crippen molar-refractivity contribution in [2.45, 2.75) is 33.6 Å². The van der Waals surface area contributed by atoms with Gasteiger partial charge in [-0.15, -0.1) is 0 Å². The number of fused-ring (bicyclic) bond motifs is 1. The predicted molar refractivity (Wildman–Crippen MR) is 135 cm³/mol. The van der Waals surface area contributed by atoms with Crippen molar-refractivity contribution < 1.29 is 9.90 Å². The number of carbonyl (C=O) groups is 1. The molecule has 6 heteroatoms. The van der Waals surface area contributed by atoms with Crippen LogP contribution in [-0.4, -0.2) is 62.8 Å². The van der Waals surface area contributed by atoms with Gasteiger partial charge in [0.1, 0.15) is 11.6 Å². The fourth-order valence-electron chi connectivity index (χ4n) is 3.21. The molecule has 1 saturated heterocycles. The number of hydrogen-bond acceptors (Lipinski definition) is 5. The van der Waals surface area contributed by atoms with Crippen molar-refractivity contribution in [2.24, 2.45) is 0 Å². The van der Waals surface area contributed by atoms with E-state index < -0.39 is 0 Å². The van der Waals surface area contributed by atoms with E-state index in [1.54, 1.807) is 6.08 Å². The van der Waals surface area contributed by atoms with Crippen LogP contribution in [0.2, 0.25) is 0 Å². The number of unbranched alkanes of at least 4 members (excludes halogenated alkanes) is 1. The molecule has 0 saturated carbocycles. The number of anilines is 1. The van der Waals surface area contributed by atoms with Gasteiger partial charge in [0.15, 0.2) is 0 Å². The summed E-state index contributed by atoms with van der Waals surface area (Å²) < 4.78 is 0. The minimum absolute atomic E-state index is 0.107. The number of carbonyl (C=O) groups excluding carboxylic acids is 1. The minimum Gasteiger partial charge on any atom is -0.396 e. The molecule has 0 aliphatic carbocycles. The highest BCUT2D eigenvalue weighted by Crippen LogP contribution is 2.25. The molecule has 1 aliphatic rings. The average molecular weight is 439 g/mol. The van der Waals surface area contributed by atoms with Crippen LogP contribution >= 0.6 is 0 Å². The number of aliphatic hydroxyl groups excluding tert-OH is 1. The van der Waals surface area contributed by atoms with Crippen molar-refractivity contribution in [3.05, 3.63) is 47.5 Å². The summed E-state index contributed by atoms with van der Waals surface area (Å²) in [4.78, 5) is 16.4. The largest absolute Gasteiger partial charge is 0.396 e. The van der Waals surface area contributed by atoms with E-state index in [2.05, 4.69) is 47.3 Å². The number of hydrogen-bond donors (Lipinski definition) is 2. The standard InChI is InChI=1S/C20H22N4O.C4H10O.C2H6/c1-22-20(25)18(14-21)12-15-3-4-17-13-19(6-5-16(17)11-15)24-9-7-23(2)8-10-24;1-2-3-4-5;1-2/h3-6,11-13H,7-10H2,1-2H3,(H,22,25);5H,2-4H2,1H3;1-2H3/b18-12+;;. The van der Waals surface area contributed by atoms with Crippen LogP contribution in [0.25, 0.3) is 16.8 Å². The zero-order valence-electron chi connectivity index (χ0n) is 20.2. The maximum absolute atomic E-state index is 11.6. The summed E-state index contributed by atoms with van der Waals surface area (Å²) in [5.74, 6) is -0.368. The molecule has 2 aromatic rings. The molecule has 32 heavy (non-hydrogen) atoms. The van der Waals surface area contributed by atoms with Gasteiger partial charge in [-0.25, -0.2) is 0 Å². The molecule has 2 aromatic carbocycles. The van der Waals surface area contributed by atoms with Crippen molar-refractivity contribution in [3.8, 4) is 6.07 Å². The number of nitriles is 1. The van der Waals surface area contributed by atoms with Crippen LogP contribution in [0.3, 0.4) is 0 Å². The second kappa shape index (κ2) is 15.0. The van der Waals surface area contributed by atoms with Crippen LogP contribution < -0.4 is 10.2 Å². The van der Waals surface area contributed by atoms with E-state index in [0.29, 0.717) is 6.61 Å². The first-order valence-corrected chi connectivity index (χ1v) is 11.4. The summed E-state index contributed by atoms with van der Waals surface area (Å²) in [5, 5.41) is 21.9. The lowest BCUT2D eigenvalue weighted by Gasteiger charge is -2.34. The first-order chi connectivity index (χ1) is 15.5. The molecule has 1 amide bonds. The smallest absolute Gasteiger partial charge is 0.261 e. The Hall–Kier alpha value is -2.88. The van der Waals surface area contributed by atoms with Crippen LogP contribution in [0.15, 0.2) is 42.0 Å². The molecule has 2 N–H and O–H groups in total. The summed E-state index contributed by atoms with van der Waals surface area (Å²) in [6, 6.07) is 14.4. The second-order valence-electron chi connectivity index (χ2n) is 7.41. The Balaban J connectivity index is 0.000000646. The van der Waals surface area contributed by atoms with Crippen LogP contribution in [0.5, 0.6) is 0 Å². The number of aliphatic hydroxyl groups is 1. The van der Waals surface area contributed by atoms with E-state index in [-0.39, 0.29) is 11.5 Å². The minimum atomic E-state index is -0.368. The second-order valence-corrected chi connectivity index (χ2v) is 7.41. The Bertz CT molecular complexity index is 908. The third-order valence-electron chi connectivity index (χ3n) is 5.13. The number of amides is 1. The van der Waals surface area contributed by atoms with Gasteiger partial charge in [0.2, 0.25) is 0 Å². The maximum Gasteiger partial charge on any atom is 0.261 e. The molecule has 0 atom stereocenters. The molecule has 174 valence electrons. The quantitative estimate of drug-likeness (QED) is 0.544. The van der Waals surface area contributed by atoms with Crippen molar-refractivity contribution >= 4 is 28.4 Å². The highest BCUT2D eigenvalue weighted by atomic mass is 16.2. The summed E-state index contributed by atoms with van der Waals surface area (Å²) in [6.45, 7) is 10.6. The zero-order chi connectivity index (χ0) is 23.9. The van der Waals surface area contributed by atoms with Crippen LogP contribution in [-0.2, 0) is 4.79 Å². The van der Waals surface area contributed by atoms with Crippen LogP contribution in [0, 0.1) is 11.3 Å². The van der Waals surface area contributed by atoms with E-state index in [4.69, 9.17) is 10.4 Å². The predicted octanol–water partition coefficient (Wildman–Crippen LogP) is 4.05. The summed E-state index contributed by atoms with van der Waals surface area (Å²) in [6.07, 6.45) is 3.66. The molecule has 3 rings (SSSR count). The van der Waals surface area contributed by atoms with E-state index >= 15 is 0 Å². The first kappa shape index (κ1) is 27.2. The fraction of sp³-hybridized carbons (Fsp3) is 0.462. The van der Waals surface area contributed by atoms with Gasteiger partial charge in [-0.1, -0.05) is 45.4 Å². The van der Waals surface area contributed by atoms with Gasteiger partial charge in [0, 0.05) is 45.5 Å². The molecular formula is C26H38N4O2. The lowest BCUT2D eigenvalue weighted by molar-refractivity contribution is -0.116. The Morgan fingerprint density at radius 2 is 1.75 bits per heavy atom. The van der Waals surface area contributed by atoms with E-state index in [1.807, 2.05) is 38.1 Å². The van der Waals surface area contributed by atoms with Gasteiger partial charge in [-0.2, -0.15) is 5.26 Å². The molecule has 0 radical (unpaired) electrons. The first-order valence-electron chi connectivity index (χ1n) is 11.4. The fourth-order valence-corrected chi connectivity index (χ4v) is 3.21. The highest BCUT2D eigenvalue weighted by Gasteiger charge is 2.14. The lowest BCUT2D eigenvalue weighted by atomic mass is 10.0. The van der Waals surface area contributed by atoms with Crippen LogP contribution in [0.1, 0.15) is 39.2 Å². The van der Waals surface area contributed by atoms with Crippen molar-refractivity contribution in [3.63, 3.8) is 0 Å². The molecule has 1 heterocycles. The third kappa shape index (κ3) is 8.33. The molecule has 1 aliphatic heterocycles. The molecule has 0 aromatic heterocycles. The Kier molecular flexibility index (Phi) is 12.7. The molecule has 0 spiro atoms. The van der Waals surface area contributed by atoms with Gasteiger partial charge in [0.25, 0.3) is 5.91 Å². The van der Waals surface area contributed by atoms with Gasteiger partial charge in [-0.05, 0) is 54.1 Å². The van der Waals surface area contributed by atoms with Crippen LogP contribution in [0.4, 0.5) is 5.69 Å². The third-order valence-corrected chi connectivity index (χ3v) is 5.13. The van der Waals surface area contributed by atoms with Crippen molar-refractivity contribution in [1.29, 1.82) is 5.26 Å². The zero-order valence-corrected chi connectivity index (χ0v) is 20.2. The normalized spacial score (nSPS) is 13.9. The number of rotatable bonds is 5. The Labute approximate surface area is 193 Å². The van der Waals surface area contributed by atoms with Crippen molar-refractivity contribution in [1.82, 2.24) is 10.2 Å². The van der Waals surface area contributed by atoms with Gasteiger partial charge >= 0.3 is 0 Å². The number of piperazine rings is 1. The van der Waals surface area contributed by atoms with E-state index in [1.165, 1.54) is 12.7 Å². The molecular weight excluding hydrogens is 400 g/mol. The number of benzene rings is 2. The Morgan fingerprint density at radius 3 is 2.28 bits per heavy atom. The monoisotopic (exact) mass is 438 g/mol. The lowest BCUT2D eigenvalue weighted by Crippen LogP contribution is -2.44. The van der Waals surface area contributed by atoms with Crippen molar-refractivity contribution in [2.75, 3.05) is 51.8 Å². The summed E-state index contributed by atoms with van der Waals surface area (Å²) >= 11 is 0. The molecule has 0 unspecified atom stereocenters. The van der Waals surface area contributed by atoms with Gasteiger partial charge < -0.3 is 20.2 Å². The topological polar surface area (TPSA) is 79.6 Å².